The Kier molecular flexibility index (Phi) is 6.81. The first-order chi connectivity index (χ1) is 16.1. The van der Waals surface area contributed by atoms with Gasteiger partial charge in [-0.2, -0.15) is 0 Å². The molecule has 33 heavy (non-hydrogen) atoms. The van der Waals surface area contributed by atoms with E-state index in [0.717, 1.165) is 11.6 Å². The third-order valence-electron chi connectivity index (χ3n) is 5.18. The second-order valence-electron chi connectivity index (χ2n) is 7.52. The van der Waals surface area contributed by atoms with Crippen LogP contribution in [0.1, 0.15) is 21.5 Å². The van der Waals surface area contributed by atoms with Crippen LogP contribution in [0.2, 0.25) is 0 Å². The van der Waals surface area contributed by atoms with Gasteiger partial charge in [0.15, 0.2) is 0 Å². The van der Waals surface area contributed by atoms with E-state index in [1.807, 2.05) is 42.5 Å². The molecule has 5 nitrogen and oxygen atoms in total. The molecule has 0 radical (unpaired) electrons. The first-order valence-corrected chi connectivity index (χ1v) is 10.6. The van der Waals surface area contributed by atoms with Crippen molar-refractivity contribution in [3.8, 4) is 5.75 Å². The van der Waals surface area contributed by atoms with Crippen LogP contribution in [-0.2, 0) is 11.2 Å². The number of amides is 1. The maximum absolute atomic E-state index is 12.7. The lowest BCUT2D eigenvalue weighted by Gasteiger charge is -2.12. The van der Waals surface area contributed by atoms with Gasteiger partial charge in [-0.3, -0.25) is 4.79 Å². The number of para-hydroxylation sites is 1. The van der Waals surface area contributed by atoms with Crippen LogP contribution in [0, 0.1) is 0 Å². The Morgan fingerprint density at radius 3 is 2.39 bits per heavy atom. The molecule has 0 aliphatic rings. The second kappa shape index (κ2) is 10.3. The highest BCUT2D eigenvalue weighted by molar-refractivity contribution is 6.04. The average molecular weight is 437 g/mol. The molecular weight excluding hydrogens is 414 g/mol. The van der Waals surface area contributed by atoms with Crippen LogP contribution in [0.5, 0.6) is 5.75 Å². The van der Waals surface area contributed by atoms with Crippen LogP contribution >= 0.6 is 0 Å². The summed E-state index contributed by atoms with van der Waals surface area (Å²) in [6, 6.07) is 28.6. The lowest BCUT2D eigenvalue weighted by atomic mass is 10.1. The van der Waals surface area contributed by atoms with Crippen LogP contribution < -0.4 is 10.1 Å². The van der Waals surface area contributed by atoms with Gasteiger partial charge in [0.1, 0.15) is 5.75 Å². The topological polar surface area (TPSA) is 75.6 Å². The molecule has 0 unspecified atom stereocenters. The molecule has 0 heterocycles. The molecule has 0 atom stereocenters. The van der Waals surface area contributed by atoms with Crippen LogP contribution in [0.25, 0.3) is 16.8 Å². The Bertz CT molecular complexity index is 1310. The molecular formula is C28H23NO4. The zero-order valence-electron chi connectivity index (χ0n) is 17.9. The minimum absolute atomic E-state index is 0.269. The van der Waals surface area contributed by atoms with Crippen molar-refractivity contribution in [3.05, 3.63) is 114 Å². The molecule has 0 aliphatic carbocycles. The fraction of sp³-hybridized carbons (Fsp3) is 0.0714. The van der Waals surface area contributed by atoms with Crippen molar-refractivity contribution in [2.45, 2.75) is 6.42 Å². The number of aliphatic carboxylic acids is 1. The number of carbonyl (C=O) groups excluding carboxylic acids is 1. The standard InChI is InChI=1S/C28H23NO4/c30-27(31)15-14-22-12-13-24(28(32)29-25-8-2-1-3-9-25)19-26(22)33-17-16-20-10-11-21-6-4-5-7-23(21)18-20/h1-15,18-19H,16-17H2,(H,29,32)(H,30,31)/b15-14+. The number of anilines is 1. The Balaban J connectivity index is 1.51. The molecule has 5 heteroatoms. The zero-order valence-corrected chi connectivity index (χ0v) is 17.9. The lowest BCUT2D eigenvalue weighted by Crippen LogP contribution is -2.12. The number of hydrogen-bond donors (Lipinski definition) is 2. The van der Waals surface area contributed by atoms with Gasteiger partial charge < -0.3 is 15.2 Å². The van der Waals surface area contributed by atoms with Crippen LogP contribution in [0.3, 0.4) is 0 Å². The van der Waals surface area contributed by atoms with Crippen molar-refractivity contribution < 1.29 is 19.4 Å². The van der Waals surface area contributed by atoms with E-state index in [1.54, 1.807) is 18.2 Å². The van der Waals surface area contributed by atoms with Crippen molar-refractivity contribution in [2.24, 2.45) is 0 Å². The largest absolute Gasteiger partial charge is 0.493 e. The highest BCUT2D eigenvalue weighted by atomic mass is 16.5. The summed E-state index contributed by atoms with van der Waals surface area (Å²) in [5, 5.41) is 14.2. The summed E-state index contributed by atoms with van der Waals surface area (Å²) in [6.45, 7) is 0.385. The minimum Gasteiger partial charge on any atom is -0.493 e. The third kappa shape index (κ3) is 5.86. The van der Waals surface area contributed by atoms with Gasteiger partial charge in [0, 0.05) is 29.3 Å². The highest BCUT2D eigenvalue weighted by Crippen LogP contribution is 2.24. The number of benzene rings is 4. The van der Waals surface area contributed by atoms with E-state index < -0.39 is 5.97 Å². The number of rotatable bonds is 8. The summed E-state index contributed by atoms with van der Waals surface area (Å²) < 4.78 is 6.00. The molecule has 0 aliphatic heterocycles. The van der Waals surface area contributed by atoms with Crippen LogP contribution in [0.15, 0.2) is 97.1 Å². The van der Waals surface area contributed by atoms with Crippen molar-refractivity contribution in [3.63, 3.8) is 0 Å². The number of nitrogens with one attached hydrogen (secondary N) is 1. The zero-order chi connectivity index (χ0) is 23.0. The molecule has 4 rings (SSSR count). The second-order valence-corrected chi connectivity index (χ2v) is 7.52. The van der Waals surface area contributed by atoms with E-state index >= 15 is 0 Å². The van der Waals surface area contributed by atoms with E-state index in [4.69, 9.17) is 9.84 Å². The van der Waals surface area contributed by atoms with Crippen molar-refractivity contribution in [2.75, 3.05) is 11.9 Å². The Hall–Kier alpha value is -4.38. The Morgan fingerprint density at radius 2 is 1.61 bits per heavy atom. The fourth-order valence-corrected chi connectivity index (χ4v) is 3.50. The molecule has 0 spiro atoms. The third-order valence-corrected chi connectivity index (χ3v) is 5.18. The number of carboxylic acids is 1. The SMILES string of the molecule is O=C(O)/C=C/c1ccc(C(=O)Nc2ccccc2)cc1OCCc1ccc2ccccc2c1. The maximum atomic E-state index is 12.7. The number of carbonyl (C=O) groups is 2. The molecule has 4 aromatic rings. The maximum Gasteiger partial charge on any atom is 0.328 e. The Labute approximate surface area is 192 Å². The summed E-state index contributed by atoms with van der Waals surface area (Å²) in [7, 11) is 0. The fourth-order valence-electron chi connectivity index (χ4n) is 3.50. The summed E-state index contributed by atoms with van der Waals surface area (Å²) >= 11 is 0. The van der Waals surface area contributed by atoms with E-state index in [1.165, 1.54) is 16.8 Å². The molecule has 0 bridgehead atoms. The monoisotopic (exact) mass is 437 g/mol. The van der Waals surface area contributed by atoms with Gasteiger partial charge in [-0.05, 0) is 46.7 Å². The number of hydrogen-bond acceptors (Lipinski definition) is 3. The van der Waals surface area contributed by atoms with Gasteiger partial charge >= 0.3 is 5.97 Å². The van der Waals surface area contributed by atoms with Gasteiger partial charge in [-0.25, -0.2) is 4.79 Å². The van der Waals surface area contributed by atoms with E-state index in [-0.39, 0.29) is 5.91 Å². The molecule has 0 saturated carbocycles. The highest BCUT2D eigenvalue weighted by Gasteiger charge is 2.11. The van der Waals surface area contributed by atoms with Crippen molar-refractivity contribution >= 4 is 34.4 Å². The molecule has 0 aromatic heterocycles. The first kappa shape index (κ1) is 21.8. The number of carboxylic acid groups (broad SMARTS) is 1. The molecule has 4 aromatic carbocycles. The predicted octanol–water partition coefficient (Wildman–Crippen LogP) is 5.81. The average Bonchev–Trinajstić information content (AvgIpc) is 2.83. The normalized spacial score (nSPS) is 10.9. The van der Waals surface area contributed by atoms with E-state index in [9.17, 15) is 9.59 Å². The number of fused-ring (bicyclic) bond motifs is 1. The first-order valence-electron chi connectivity index (χ1n) is 10.6. The Morgan fingerprint density at radius 1 is 0.848 bits per heavy atom. The lowest BCUT2D eigenvalue weighted by molar-refractivity contribution is -0.131. The minimum atomic E-state index is -1.05. The predicted molar refractivity (Wildman–Crippen MR) is 131 cm³/mol. The van der Waals surface area contributed by atoms with Gasteiger partial charge in [0.25, 0.3) is 5.91 Å². The van der Waals surface area contributed by atoms with Gasteiger partial charge in [-0.15, -0.1) is 0 Å². The molecule has 2 N–H and O–H groups in total. The molecule has 0 saturated heterocycles. The van der Waals surface area contributed by atoms with Gasteiger partial charge in [0.05, 0.1) is 6.61 Å². The summed E-state index contributed by atoms with van der Waals surface area (Å²) in [6.07, 6.45) is 3.19. The molecule has 0 fully saturated rings. The van der Waals surface area contributed by atoms with Gasteiger partial charge in [-0.1, -0.05) is 66.7 Å². The van der Waals surface area contributed by atoms with Crippen LogP contribution in [0.4, 0.5) is 5.69 Å². The van der Waals surface area contributed by atoms with Crippen molar-refractivity contribution in [1.82, 2.24) is 0 Å². The van der Waals surface area contributed by atoms with E-state index in [0.29, 0.717) is 35.6 Å². The van der Waals surface area contributed by atoms with Crippen LogP contribution in [-0.4, -0.2) is 23.6 Å². The summed E-state index contributed by atoms with van der Waals surface area (Å²) in [4.78, 5) is 23.7. The molecule has 164 valence electrons. The number of ether oxygens (including phenoxy) is 1. The summed E-state index contributed by atoms with van der Waals surface area (Å²) in [5.41, 5.74) is 2.84. The van der Waals surface area contributed by atoms with Gasteiger partial charge in [0.2, 0.25) is 0 Å². The quantitative estimate of drug-likeness (QED) is 0.341. The van der Waals surface area contributed by atoms with Crippen molar-refractivity contribution in [1.29, 1.82) is 0 Å². The molecule has 1 amide bonds. The van der Waals surface area contributed by atoms with E-state index in [2.05, 4.69) is 35.6 Å². The summed E-state index contributed by atoms with van der Waals surface area (Å²) in [5.74, 6) is -0.869. The smallest absolute Gasteiger partial charge is 0.328 e.